The van der Waals surface area contributed by atoms with Crippen molar-refractivity contribution in [1.82, 2.24) is 0 Å². The Bertz CT molecular complexity index is 3000. The minimum atomic E-state index is -4.95. The molecule has 0 heterocycles. The Balaban J connectivity index is 4.49. The number of rotatable bonds is 94. The molecule has 0 saturated heterocycles. The van der Waals surface area contributed by atoms with Crippen LogP contribution in [0.25, 0.3) is 0 Å². The van der Waals surface area contributed by atoms with E-state index in [9.17, 15) is 43.5 Å². The zero-order chi connectivity index (χ0) is 90.7. The Kier molecular flexibility index (Phi) is 93.5. The molecule has 0 fully saturated rings. The molecule has 0 amide bonds. The van der Waals surface area contributed by atoms with Crippen molar-refractivity contribution in [1.29, 1.82) is 0 Å². The first-order valence-corrected chi connectivity index (χ1v) is 53.1. The maximum Gasteiger partial charge on any atom is 0.472 e. The average Bonchev–Trinajstić information content (AvgIpc) is 0.893. The van der Waals surface area contributed by atoms with Crippen molar-refractivity contribution in [3.63, 3.8) is 0 Å². The first-order valence-electron chi connectivity index (χ1n) is 50.1. The number of ether oxygens (including phenoxy) is 3. The molecule has 0 aliphatic rings. The maximum atomic E-state index is 13.1. The van der Waals surface area contributed by atoms with Crippen molar-refractivity contribution >= 4 is 33.6 Å². The lowest BCUT2D eigenvalue weighted by Gasteiger charge is -2.21. The molecule has 125 heavy (non-hydrogen) atoms. The third-order valence-corrected chi connectivity index (χ3v) is 23.0. The second-order valence-corrected chi connectivity index (χ2v) is 36.0. The smallest absolute Gasteiger partial charge is 0.463 e. The number of unbranched alkanes of at least 4 members (excludes halogenated alkanes) is 41. The summed E-state index contributed by atoms with van der Waals surface area (Å²) >= 11 is 0. The molecule has 16 nitrogen and oxygen atoms in total. The highest BCUT2D eigenvalue weighted by atomic mass is 31.2. The molecule has 0 aromatic heterocycles. The summed E-state index contributed by atoms with van der Waals surface area (Å²) in [6, 6.07) is 0. The van der Waals surface area contributed by atoms with Crippen LogP contribution in [-0.2, 0) is 55.8 Å². The maximum absolute atomic E-state index is 13.1. The van der Waals surface area contributed by atoms with Gasteiger partial charge in [-0.1, -0.05) is 428 Å². The summed E-state index contributed by atoms with van der Waals surface area (Å²) in [6.07, 6.45) is 130. The van der Waals surface area contributed by atoms with E-state index >= 15 is 0 Å². The third kappa shape index (κ3) is 99.1. The van der Waals surface area contributed by atoms with Gasteiger partial charge in [0.05, 0.1) is 26.4 Å². The highest BCUT2D eigenvalue weighted by Gasteiger charge is 2.30. The molecular weight excluding hydrogens is 1600 g/mol. The van der Waals surface area contributed by atoms with Gasteiger partial charge in [-0.2, -0.15) is 0 Å². The van der Waals surface area contributed by atoms with E-state index in [-0.39, 0.29) is 19.3 Å². The number of allylic oxidation sites excluding steroid dienone is 30. The molecule has 0 spiro atoms. The van der Waals surface area contributed by atoms with Gasteiger partial charge in [0, 0.05) is 19.3 Å². The largest absolute Gasteiger partial charge is 0.472 e. The SMILES string of the molecule is CC/C=C\C/C=C\C/C=C\C/C=C\C/C=C\C/C=C\CCCCCCCCCCCCCCCCCCC(=O)OCC(O)COP(=O)(O)OCC(O)COP(=O)(O)OCC(COC(=O)CCCCCCCCCCCCCCCCCCCCC/C=C\C/C=C\C/C=C\C/C=C\C/C=C\CC)OC(=O)CCCCCCCC/C=C\C/C=C\C/C=C\C/C=C\CC. The highest BCUT2D eigenvalue weighted by molar-refractivity contribution is 7.47. The average molecular weight is 1790 g/mol. The van der Waals surface area contributed by atoms with Crippen LogP contribution in [0.1, 0.15) is 419 Å². The zero-order valence-corrected chi connectivity index (χ0v) is 81.0. The van der Waals surface area contributed by atoms with E-state index in [1.54, 1.807) is 0 Å². The van der Waals surface area contributed by atoms with E-state index in [1.807, 2.05) is 0 Å². The predicted octanol–water partition coefficient (Wildman–Crippen LogP) is 31.6. The van der Waals surface area contributed by atoms with Crippen molar-refractivity contribution in [2.75, 3.05) is 39.6 Å². The second kappa shape index (κ2) is 97.7. The summed E-state index contributed by atoms with van der Waals surface area (Å²) in [4.78, 5) is 59.1. The van der Waals surface area contributed by atoms with Crippen molar-refractivity contribution in [2.45, 2.75) is 437 Å². The van der Waals surface area contributed by atoms with Gasteiger partial charge in [-0.3, -0.25) is 32.5 Å². The molecule has 5 atom stereocenters. The van der Waals surface area contributed by atoms with Crippen LogP contribution in [0, 0.1) is 0 Å². The van der Waals surface area contributed by atoms with Crippen LogP contribution >= 0.6 is 15.6 Å². The lowest BCUT2D eigenvalue weighted by molar-refractivity contribution is -0.161. The second-order valence-electron chi connectivity index (χ2n) is 33.1. The predicted molar refractivity (Wildman–Crippen MR) is 528 cm³/mol. The number of carbonyl (C=O) groups excluding carboxylic acids is 3. The molecule has 0 bridgehead atoms. The normalized spacial score (nSPS) is 14.5. The van der Waals surface area contributed by atoms with E-state index < -0.39 is 91.5 Å². The first-order chi connectivity index (χ1) is 61.2. The van der Waals surface area contributed by atoms with Crippen LogP contribution in [0.3, 0.4) is 0 Å². The van der Waals surface area contributed by atoms with Crippen LogP contribution in [-0.4, -0.2) is 95.9 Å². The monoisotopic (exact) mass is 1790 g/mol. The molecule has 0 aliphatic heterocycles. The lowest BCUT2D eigenvalue weighted by atomic mass is 10.0. The summed E-state index contributed by atoms with van der Waals surface area (Å²) in [5.74, 6) is -1.58. The van der Waals surface area contributed by atoms with Gasteiger partial charge < -0.3 is 34.2 Å². The van der Waals surface area contributed by atoms with Crippen LogP contribution in [0.4, 0.5) is 0 Å². The zero-order valence-electron chi connectivity index (χ0n) is 79.2. The van der Waals surface area contributed by atoms with E-state index in [4.69, 9.17) is 32.3 Å². The van der Waals surface area contributed by atoms with Crippen LogP contribution in [0.2, 0.25) is 0 Å². The fourth-order valence-electron chi connectivity index (χ4n) is 13.7. The minimum Gasteiger partial charge on any atom is -0.463 e. The quantitative estimate of drug-likeness (QED) is 0.0146. The van der Waals surface area contributed by atoms with E-state index in [0.29, 0.717) is 19.3 Å². The van der Waals surface area contributed by atoms with E-state index in [1.165, 1.54) is 186 Å². The topological polar surface area (TPSA) is 231 Å². The molecule has 716 valence electrons. The molecular formula is C107H182O16P2. The molecule has 0 saturated carbocycles. The Morgan fingerprint density at radius 2 is 0.400 bits per heavy atom. The van der Waals surface area contributed by atoms with Crippen molar-refractivity contribution in [3.8, 4) is 0 Å². The molecule has 0 rings (SSSR count). The Morgan fingerprint density at radius 1 is 0.224 bits per heavy atom. The van der Waals surface area contributed by atoms with E-state index in [2.05, 4.69) is 203 Å². The number of esters is 3. The molecule has 4 N–H and O–H groups in total. The summed E-state index contributed by atoms with van der Waals surface area (Å²) in [6.45, 7) is 2.39. The number of hydrogen-bond donors (Lipinski definition) is 4. The molecule has 5 unspecified atom stereocenters. The third-order valence-electron chi connectivity index (χ3n) is 21.1. The van der Waals surface area contributed by atoms with Gasteiger partial charge >= 0.3 is 33.6 Å². The van der Waals surface area contributed by atoms with Gasteiger partial charge in [0.15, 0.2) is 6.10 Å². The first kappa shape index (κ1) is 120. The van der Waals surface area contributed by atoms with Gasteiger partial charge in [0.1, 0.15) is 25.4 Å². The van der Waals surface area contributed by atoms with Crippen molar-refractivity contribution < 1.29 is 75.8 Å². The molecule has 0 aromatic rings. The summed E-state index contributed by atoms with van der Waals surface area (Å²) in [5, 5.41) is 20.8. The number of aliphatic hydroxyl groups excluding tert-OH is 2. The standard InChI is InChI=1S/C107H182O16P2/c1-4-7-10-13-16-19-22-25-28-31-34-36-38-40-42-44-46-48-50-52-54-56-58-60-62-64-67-69-72-75-78-81-84-87-90-93-105(110)117-96-102(108)97-119-124(113,114)120-98-103(109)99-121-125(115,116)122-101-104(123-107(112)95-92-89-86-83-80-77-74-71-66-33-30-27-24-21-18-15-12-9-6-3)100-118-106(111)94-91-88-85-82-79-76-73-70-68-65-63-61-59-57-55-53-51-49-47-45-43-41-39-37-35-32-29-26-23-20-17-14-11-8-5-2/h7-12,16-21,25-30,34-37,40-43,46,48,66,71,102-104,108-109H,4-6,13-15,22-24,31-33,38-39,44-45,47,49-65,67-70,72-101H2,1-3H3,(H,113,114)(H,115,116)/b10-7-,11-8-,12-9-,19-16-,20-17-,21-18-,28-25-,29-26-,30-27-,36-34-,37-35-,42-40-,43-41-,48-46-,71-66-. The molecule has 18 heteroatoms. The number of aliphatic hydroxyl groups is 2. The molecule has 0 radical (unpaired) electrons. The van der Waals surface area contributed by atoms with Crippen LogP contribution in [0.5, 0.6) is 0 Å². The summed E-state index contributed by atoms with van der Waals surface area (Å²) in [7, 11) is -9.82. The van der Waals surface area contributed by atoms with Gasteiger partial charge in [0.2, 0.25) is 0 Å². The van der Waals surface area contributed by atoms with Gasteiger partial charge in [0.25, 0.3) is 0 Å². The fourth-order valence-corrected chi connectivity index (χ4v) is 15.2. The molecule has 0 aromatic carbocycles. The van der Waals surface area contributed by atoms with Gasteiger partial charge in [-0.15, -0.1) is 0 Å². The van der Waals surface area contributed by atoms with Crippen molar-refractivity contribution in [2.24, 2.45) is 0 Å². The number of phosphoric acid groups is 2. The lowest BCUT2D eigenvalue weighted by Crippen LogP contribution is -2.30. The van der Waals surface area contributed by atoms with Crippen LogP contribution in [0.15, 0.2) is 182 Å². The van der Waals surface area contributed by atoms with Gasteiger partial charge in [-0.05, 0) is 154 Å². The number of phosphoric ester groups is 2. The minimum absolute atomic E-state index is 0.0865. The van der Waals surface area contributed by atoms with Gasteiger partial charge in [-0.25, -0.2) is 9.13 Å². The summed E-state index contributed by atoms with van der Waals surface area (Å²) < 4.78 is 61.6. The Morgan fingerprint density at radius 3 is 0.632 bits per heavy atom. The van der Waals surface area contributed by atoms with E-state index in [0.717, 1.165) is 173 Å². The Hall–Kier alpha value is -5.35. The van der Waals surface area contributed by atoms with Crippen LogP contribution < -0.4 is 0 Å². The Labute approximate surface area is 764 Å². The van der Waals surface area contributed by atoms with Crippen molar-refractivity contribution in [3.05, 3.63) is 182 Å². The highest BCUT2D eigenvalue weighted by Crippen LogP contribution is 2.45. The number of hydrogen-bond acceptors (Lipinski definition) is 14. The summed E-state index contributed by atoms with van der Waals surface area (Å²) in [5.41, 5.74) is 0. The fraction of sp³-hybridized carbons (Fsp3) is 0.692. The number of carbonyl (C=O) groups is 3. The molecule has 0 aliphatic carbocycles.